The van der Waals surface area contributed by atoms with Gasteiger partial charge in [0.25, 0.3) is 0 Å². The molecule has 2 nitrogen and oxygen atoms in total. The first kappa shape index (κ1) is 13.6. The Labute approximate surface area is 108 Å². The number of hydrogen-bond donors (Lipinski definition) is 0. The number of rotatable bonds is 1. The minimum Gasteiger partial charge on any atom is -0.299 e. The molecule has 1 aliphatic rings. The van der Waals surface area contributed by atoms with Gasteiger partial charge in [-0.15, -0.1) is 0 Å². The van der Waals surface area contributed by atoms with E-state index in [0.29, 0.717) is 17.5 Å². The lowest BCUT2D eigenvalue weighted by Gasteiger charge is -2.14. The van der Waals surface area contributed by atoms with E-state index in [1.165, 1.54) is 0 Å². The van der Waals surface area contributed by atoms with E-state index in [0.717, 1.165) is 5.56 Å². The summed E-state index contributed by atoms with van der Waals surface area (Å²) >= 11 is 0. The second-order valence-corrected chi connectivity index (χ2v) is 4.79. The molecule has 1 atom stereocenters. The predicted octanol–water partition coefficient (Wildman–Crippen LogP) is 3.18. The number of nitriles is 1. The molecular weight excluding hydrogens is 255 g/mol. The molecule has 0 aromatic heterocycles. The Balaban J connectivity index is 2.22. The molecule has 1 aromatic carbocycles. The highest BCUT2D eigenvalue weighted by Gasteiger charge is 2.36. The Hall–Kier alpha value is -1.83. The second-order valence-electron chi connectivity index (χ2n) is 4.79. The van der Waals surface area contributed by atoms with Crippen molar-refractivity contribution < 1.29 is 18.0 Å². The van der Waals surface area contributed by atoms with Crippen molar-refractivity contribution in [3.8, 4) is 6.07 Å². The van der Waals surface area contributed by atoms with Gasteiger partial charge < -0.3 is 0 Å². The summed E-state index contributed by atoms with van der Waals surface area (Å²) in [6.45, 7) is 0. The van der Waals surface area contributed by atoms with Gasteiger partial charge in [-0.1, -0.05) is 6.07 Å². The molecule has 0 amide bonds. The summed E-state index contributed by atoms with van der Waals surface area (Å²) in [5, 5.41) is 8.80. The van der Waals surface area contributed by atoms with Crippen molar-refractivity contribution in [3.63, 3.8) is 0 Å². The Morgan fingerprint density at radius 3 is 2.68 bits per heavy atom. The predicted molar refractivity (Wildman–Crippen MR) is 62.4 cm³/mol. The molecular formula is C14H12F3NO. The van der Waals surface area contributed by atoms with E-state index in [9.17, 15) is 18.0 Å². The highest BCUT2D eigenvalue weighted by Crippen LogP contribution is 2.31. The van der Waals surface area contributed by atoms with Crippen LogP contribution in [0.5, 0.6) is 0 Å². The largest absolute Gasteiger partial charge is 0.389 e. The topological polar surface area (TPSA) is 40.9 Å². The highest BCUT2D eigenvalue weighted by molar-refractivity contribution is 5.84. The number of hydrogen-bond acceptors (Lipinski definition) is 2. The Bertz CT molecular complexity index is 543. The molecule has 0 bridgehead atoms. The van der Waals surface area contributed by atoms with Crippen molar-refractivity contribution in [2.24, 2.45) is 5.92 Å². The van der Waals surface area contributed by atoms with Crippen LogP contribution in [-0.4, -0.2) is 12.0 Å². The SMILES string of the molecule is N#Cc1ccc2c(c1)CC(=O)C(CC(F)(F)F)CC2. The first-order valence-corrected chi connectivity index (χ1v) is 6.00. The third-order valence-corrected chi connectivity index (χ3v) is 3.40. The lowest BCUT2D eigenvalue weighted by Crippen LogP contribution is -2.23. The summed E-state index contributed by atoms with van der Waals surface area (Å²) in [7, 11) is 0. The van der Waals surface area contributed by atoms with Gasteiger partial charge in [-0.3, -0.25) is 4.79 Å². The molecule has 0 aliphatic heterocycles. The van der Waals surface area contributed by atoms with E-state index < -0.39 is 18.5 Å². The minimum absolute atomic E-state index is 0.00833. The van der Waals surface area contributed by atoms with Gasteiger partial charge >= 0.3 is 6.18 Å². The molecule has 1 aliphatic carbocycles. The van der Waals surface area contributed by atoms with Crippen LogP contribution in [0.4, 0.5) is 13.2 Å². The summed E-state index contributed by atoms with van der Waals surface area (Å²) < 4.78 is 37.2. The number of carbonyl (C=O) groups is 1. The number of nitrogens with zero attached hydrogens (tertiary/aromatic N) is 1. The van der Waals surface area contributed by atoms with E-state index in [1.54, 1.807) is 18.2 Å². The van der Waals surface area contributed by atoms with Gasteiger partial charge in [0.2, 0.25) is 0 Å². The lowest BCUT2D eigenvalue weighted by atomic mass is 9.94. The molecule has 1 aromatic rings. The maximum atomic E-state index is 12.4. The zero-order valence-corrected chi connectivity index (χ0v) is 10.1. The van der Waals surface area contributed by atoms with Gasteiger partial charge in [0.1, 0.15) is 5.78 Å². The molecule has 0 fully saturated rings. The first-order chi connectivity index (χ1) is 8.89. The maximum absolute atomic E-state index is 12.4. The lowest BCUT2D eigenvalue weighted by molar-refractivity contribution is -0.153. The summed E-state index contributed by atoms with van der Waals surface area (Å²) in [5.41, 5.74) is 1.99. The summed E-state index contributed by atoms with van der Waals surface area (Å²) in [5.74, 6) is -1.34. The average Bonchev–Trinajstić information content (AvgIpc) is 2.47. The van der Waals surface area contributed by atoms with Crippen molar-refractivity contribution in [2.45, 2.75) is 31.9 Å². The maximum Gasteiger partial charge on any atom is 0.389 e. The number of benzene rings is 1. The highest BCUT2D eigenvalue weighted by atomic mass is 19.4. The smallest absolute Gasteiger partial charge is 0.299 e. The summed E-state index contributed by atoms with van der Waals surface area (Å²) in [4.78, 5) is 11.9. The number of carbonyl (C=O) groups excluding carboxylic acids is 1. The third kappa shape index (κ3) is 3.34. The zero-order chi connectivity index (χ0) is 14.0. The van der Waals surface area contributed by atoms with E-state index in [1.807, 2.05) is 6.07 Å². The van der Waals surface area contributed by atoms with Crippen LogP contribution >= 0.6 is 0 Å². The van der Waals surface area contributed by atoms with Crippen LogP contribution in [0.2, 0.25) is 0 Å². The average molecular weight is 267 g/mol. The quantitative estimate of drug-likeness (QED) is 0.733. The van der Waals surface area contributed by atoms with Crippen molar-refractivity contribution in [1.29, 1.82) is 5.26 Å². The van der Waals surface area contributed by atoms with Crippen LogP contribution in [0.1, 0.15) is 29.5 Å². The Morgan fingerprint density at radius 1 is 1.32 bits per heavy atom. The molecule has 0 N–H and O–H groups in total. The standard InChI is InChI=1S/C14H12F3NO/c15-14(16,17)7-11-4-3-10-2-1-9(8-18)5-12(10)6-13(11)19/h1-2,5,11H,3-4,6-7H2. The van der Waals surface area contributed by atoms with Gasteiger partial charge in [0.15, 0.2) is 0 Å². The number of ketones is 1. The number of halogens is 3. The molecule has 1 unspecified atom stereocenters. The molecule has 5 heteroatoms. The molecule has 19 heavy (non-hydrogen) atoms. The monoisotopic (exact) mass is 267 g/mol. The fourth-order valence-electron chi connectivity index (χ4n) is 2.42. The van der Waals surface area contributed by atoms with Crippen molar-refractivity contribution in [3.05, 3.63) is 34.9 Å². The number of Topliss-reactive ketones (excluding diaryl/α,β-unsaturated/α-hetero) is 1. The number of alkyl halides is 3. The third-order valence-electron chi connectivity index (χ3n) is 3.40. The van der Waals surface area contributed by atoms with E-state index in [2.05, 4.69) is 0 Å². The van der Waals surface area contributed by atoms with E-state index in [4.69, 9.17) is 5.26 Å². The molecule has 0 saturated carbocycles. The Morgan fingerprint density at radius 2 is 2.05 bits per heavy atom. The van der Waals surface area contributed by atoms with Gasteiger partial charge in [-0.25, -0.2) is 0 Å². The zero-order valence-electron chi connectivity index (χ0n) is 10.1. The number of fused-ring (bicyclic) bond motifs is 1. The van der Waals surface area contributed by atoms with Gasteiger partial charge in [0, 0.05) is 12.3 Å². The molecule has 2 rings (SSSR count). The van der Waals surface area contributed by atoms with Gasteiger partial charge in [-0.05, 0) is 36.1 Å². The summed E-state index contributed by atoms with van der Waals surface area (Å²) in [6, 6.07) is 6.94. The Kier molecular flexibility index (Phi) is 3.61. The second kappa shape index (κ2) is 5.04. The normalized spacial score (nSPS) is 19.5. The fourth-order valence-corrected chi connectivity index (χ4v) is 2.42. The van der Waals surface area contributed by atoms with Crippen molar-refractivity contribution in [1.82, 2.24) is 0 Å². The van der Waals surface area contributed by atoms with Crippen molar-refractivity contribution in [2.75, 3.05) is 0 Å². The van der Waals surface area contributed by atoms with Gasteiger partial charge in [-0.2, -0.15) is 18.4 Å². The van der Waals surface area contributed by atoms with Crippen LogP contribution in [-0.2, 0) is 17.6 Å². The molecule has 0 saturated heterocycles. The molecule has 0 spiro atoms. The van der Waals surface area contributed by atoms with Crippen LogP contribution in [0.25, 0.3) is 0 Å². The van der Waals surface area contributed by atoms with E-state index >= 15 is 0 Å². The van der Waals surface area contributed by atoms with E-state index in [-0.39, 0.29) is 18.6 Å². The number of aryl methyl sites for hydroxylation is 1. The minimum atomic E-state index is -4.31. The van der Waals surface area contributed by atoms with Crippen molar-refractivity contribution >= 4 is 5.78 Å². The molecule has 0 radical (unpaired) electrons. The molecule has 0 heterocycles. The molecule has 100 valence electrons. The van der Waals surface area contributed by atoms with Gasteiger partial charge in [0.05, 0.1) is 18.1 Å². The first-order valence-electron chi connectivity index (χ1n) is 6.00. The summed E-state index contributed by atoms with van der Waals surface area (Å²) in [6.07, 6.45) is -4.70. The fraction of sp³-hybridized carbons (Fsp3) is 0.429. The van der Waals surface area contributed by atoms with Crippen LogP contribution in [0, 0.1) is 17.2 Å². The van der Waals surface area contributed by atoms with Crippen LogP contribution in [0.15, 0.2) is 18.2 Å². The van der Waals surface area contributed by atoms with Crippen LogP contribution in [0.3, 0.4) is 0 Å². The van der Waals surface area contributed by atoms with Crippen LogP contribution < -0.4 is 0 Å².